The molecule has 0 saturated heterocycles. The number of thiocarbonyl (C=S) groups is 1. The standard InChI is InChI=1S/C27H29N3O3S/c1-18(2)17-33-22-13-9-12-21(16-22)25(31)30-27(34)29-24-15-8-7-14-23(24)26(32)28-19(3)20-10-5-4-6-11-20/h4-16,18-19H,17H2,1-3H3,(H,28,32)(H2,29,30,31,34). The van der Waals surface area contributed by atoms with Gasteiger partial charge in [0.05, 0.1) is 23.9 Å². The van der Waals surface area contributed by atoms with E-state index >= 15 is 0 Å². The lowest BCUT2D eigenvalue weighted by Crippen LogP contribution is -2.35. The van der Waals surface area contributed by atoms with E-state index in [0.29, 0.717) is 35.1 Å². The highest BCUT2D eigenvalue weighted by atomic mass is 32.1. The summed E-state index contributed by atoms with van der Waals surface area (Å²) in [5, 5.41) is 8.72. The summed E-state index contributed by atoms with van der Waals surface area (Å²) in [6.07, 6.45) is 0. The largest absolute Gasteiger partial charge is 0.493 e. The molecule has 7 heteroatoms. The smallest absolute Gasteiger partial charge is 0.257 e. The number of benzene rings is 3. The molecule has 3 rings (SSSR count). The number of ether oxygens (including phenoxy) is 1. The van der Waals surface area contributed by atoms with E-state index in [9.17, 15) is 9.59 Å². The molecule has 0 aliphatic rings. The van der Waals surface area contributed by atoms with Gasteiger partial charge in [0.15, 0.2) is 5.11 Å². The molecule has 1 atom stereocenters. The van der Waals surface area contributed by atoms with Crippen LogP contribution in [0.5, 0.6) is 5.75 Å². The normalized spacial score (nSPS) is 11.4. The van der Waals surface area contributed by atoms with Gasteiger partial charge >= 0.3 is 0 Å². The lowest BCUT2D eigenvalue weighted by atomic mass is 10.1. The van der Waals surface area contributed by atoms with Gasteiger partial charge in [0, 0.05) is 5.56 Å². The summed E-state index contributed by atoms with van der Waals surface area (Å²) in [7, 11) is 0. The molecule has 0 aliphatic carbocycles. The highest BCUT2D eigenvalue weighted by Crippen LogP contribution is 2.18. The van der Waals surface area contributed by atoms with Crippen LogP contribution in [0.25, 0.3) is 0 Å². The lowest BCUT2D eigenvalue weighted by Gasteiger charge is -2.17. The average Bonchev–Trinajstić information content (AvgIpc) is 2.83. The number of para-hydroxylation sites is 1. The van der Waals surface area contributed by atoms with Gasteiger partial charge in [-0.1, -0.05) is 62.4 Å². The minimum absolute atomic E-state index is 0.0925. The first-order valence-corrected chi connectivity index (χ1v) is 11.5. The minimum Gasteiger partial charge on any atom is -0.493 e. The number of hydrogen-bond acceptors (Lipinski definition) is 4. The molecule has 3 aromatic carbocycles. The van der Waals surface area contributed by atoms with Crippen LogP contribution in [-0.2, 0) is 0 Å². The second-order valence-corrected chi connectivity index (χ2v) is 8.70. The van der Waals surface area contributed by atoms with Crippen LogP contribution in [0.15, 0.2) is 78.9 Å². The second-order valence-electron chi connectivity index (χ2n) is 8.29. The van der Waals surface area contributed by atoms with E-state index in [2.05, 4.69) is 29.8 Å². The SMILES string of the molecule is CC(C)COc1cccc(C(=O)NC(=S)Nc2ccccc2C(=O)NC(C)c2ccccc2)c1. The number of carbonyl (C=O) groups excluding carboxylic acids is 2. The topological polar surface area (TPSA) is 79.5 Å². The van der Waals surface area contributed by atoms with E-state index in [-0.39, 0.29) is 23.0 Å². The molecule has 3 aromatic rings. The maximum Gasteiger partial charge on any atom is 0.257 e. The highest BCUT2D eigenvalue weighted by Gasteiger charge is 2.16. The summed E-state index contributed by atoms with van der Waals surface area (Å²) in [6.45, 7) is 6.60. The summed E-state index contributed by atoms with van der Waals surface area (Å²) in [4.78, 5) is 25.6. The number of carbonyl (C=O) groups is 2. The van der Waals surface area contributed by atoms with Crippen molar-refractivity contribution in [3.63, 3.8) is 0 Å². The molecule has 0 radical (unpaired) electrons. The summed E-state index contributed by atoms with van der Waals surface area (Å²) >= 11 is 5.34. The van der Waals surface area contributed by atoms with Gasteiger partial charge in [-0.25, -0.2) is 0 Å². The van der Waals surface area contributed by atoms with Crippen LogP contribution in [-0.4, -0.2) is 23.5 Å². The number of anilines is 1. The number of rotatable bonds is 8. The van der Waals surface area contributed by atoms with Crippen molar-refractivity contribution in [3.8, 4) is 5.75 Å². The molecular weight excluding hydrogens is 446 g/mol. The van der Waals surface area contributed by atoms with Crippen molar-refractivity contribution < 1.29 is 14.3 Å². The first kappa shape index (κ1) is 24.9. The van der Waals surface area contributed by atoms with Crippen molar-refractivity contribution in [3.05, 3.63) is 95.6 Å². The zero-order valence-corrected chi connectivity index (χ0v) is 20.3. The molecule has 1 unspecified atom stereocenters. The number of nitrogens with one attached hydrogen (secondary N) is 3. The van der Waals surface area contributed by atoms with Gasteiger partial charge in [-0.2, -0.15) is 0 Å². The van der Waals surface area contributed by atoms with E-state index in [4.69, 9.17) is 17.0 Å². The Kier molecular flexibility index (Phi) is 8.76. The van der Waals surface area contributed by atoms with Crippen LogP contribution >= 0.6 is 12.2 Å². The molecule has 6 nitrogen and oxygen atoms in total. The maximum absolute atomic E-state index is 12.9. The quantitative estimate of drug-likeness (QED) is 0.383. The zero-order valence-electron chi connectivity index (χ0n) is 19.5. The van der Waals surface area contributed by atoms with Crippen molar-refractivity contribution >= 4 is 34.8 Å². The Morgan fingerprint density at radius 1 is 0.882 bits per heavy atom. The monoisotopic (exact) mass is 475 g/mol. The summed E-state index contributed by atoms with van der Waals surface area (Å²) in [6, 6.07) is 23.5. The lowest BCUT2D eigenvalue weighted by molar-refractivity contribution is 0.0939. The van der Waals surface area contributed by atoms with Crippen molar-refractivity contribution in [2.75, 3.05) is 11.9 Å². The number of hydrogen-bond donors (Lipinski definition) is 3. The molecule has 0 saturated carbocycles. The molecule has 0 spiro atoms. The van der Waals surface area contributed by atoms with E-state index in [1.165, 1.54) is 0 Å². The summed E-state index contributed by atoms with van der Waals surface area (Å²) in [5.41, 5.74) is 2.35. The molecule has 34 heavy (non-hydrogen) atoms. The number of amides is 2. The van der Waals surface area contributed by atoms with Gasteiger partial charge in [-0.05, 0) is 61.0 Å². The van der Waals surface area contributed by atoms with Crippen molar-refractivity contribution in [2.45, 2.75) is 26.8 Å². The Balaban J connectivity index is 1.64. The third-order valence-corrected chi connectivity index (χ3v) is 5.18. The van der Waals surface area contributed by atoms with Gasteiger partial charge in [0.25, 0.3) is 11.8 Å². The predicted molar refractivity (Wildman–Crippen MR) is 139 cm³/mol. The Hall–Kier alpha value is -3.71. The molecular formula is C27H29N3O3S. The van der Waals surface area contributed by atoms with Crippen LogP contribution < -0.4 is 20.7 Å². The molecule has 0 aliphatic heterocycles. The van der Waals surface area contributed by atoms with Crippen molar-refractivity contribution in [1.82, 2.24) is 10.6 Å². The van der Waals surface area contributed by atoms with Gasteiger partial charge in [-0.3, -0.25) is 14.9 Å². The van der Waals surface area contributed by atoms with Crippen LogP contribution in [0.2, 0.25) is 0 Å². The Labute approximate surface area is 205 Å². The zero-order chi connectivity index (χ0) is 24.5. The van der Waals surface area contributed by atoms with E-state index in [1.807, 2.05) is 37.3 Å². The van der Waals surface area contributed by atoms with Crippen LogP contribution in [0.4, 0.5) is 5.69 Å². The van der Waals surface area contributed by atoms with Crippen LogP contribution in [0, 0.1) is 5.92 Å². The first-order chi connectivity index (χ1) is 16.3. The Bertz CT molecular complexity index is 1150. The maximum atomic E-state index is 12.9. The fourth-order valence-corrected chi connectivity index (χ4v) is 3.41. The molecule has 0 bridgehead atoms. The first-order valence-electron chi connectivity index (χ1n) is 11.1. The molecule has 3 N–H and O–H groups in total. The fraction of sp³-hybridized carbons (Fsp3) is 0.222. The van der Waals surface area contributed by atoms with Crippen molar-refractivity contribution in [1.29, 1.82) is 0 Å². The van der Waals surface area contributed by atoms with Crippen LogP contribution in [0.3, 0.4) is 0 Å². The Morgan fingerprint density at radius 3 is 2.32 bits per heavy atom. The molecule has 0 aromatic heterocycles. The molecule has 0 fully saturated rings. The second kappa shape index (κ2) is 12.0. The fourth-order valence-electron chi connectivity index (χ4n) is 3.21. The molecule has 2 amide bonds. The third kappa shape index (κ3) is 7.15. The van der Waals surface area contributed by atoms with Gasteiger partial charge in [-0.15, -0.1) is 0 Å². The van der Waals surface area contributed by atoms with E-state index < -0.39 is 0 Å². The third-order valence-electron chi connectivity index (χ3n) is 4.97. The minimum atomic E-state index is -0.368. The van der Waals surface area contributed by atoms with Gasteiger partial charge < -0.3 is 15.4 Å². The predicted octanol–water partition coefficient (Wildman–Crippen LogP) is 5.34. The summed E-state index contributed by atoms with van der Waals surface area (Å²) < 4.78 is 5.69. The van der Waals surface area contributed by atoms with Gasteiger partial charge in [0.2, 0.25) is 0 Å². The van der Waals surface area contributed by atoms with Crippen LogP contribution in [0.1, 0.15) is 53.1 Å². The van der Waals surface area contributed by atoms with Gasteiger partial charge in [0.1, 0.15) is 5.75 Å². The molecule has 176 valence electrons. The Morgan fingerprint density at radius 2 is 1.59 bits per heavy atom. The van der Waals surface area contributed by atoms with E-state index in [1.54, 1.807) is 48.5 Å². The van der Waals surface area contributed by atoms with Crippen molar-refractivity contribution in [2.24, 2.45) is 5.92 Å². The van der Waals surface area contributed by atoms with E-state index in [0.717, 1.165) is 5.56 Å². The average molecular weight is 476 g/mol. The molecule has 0 heterocycles. The summed E-state index contributed by atoms with van der Waals surface area (Å²) in [5.74, 6) is 0.382. The highest BCUT2D eigenvalue weighted by molar-refractivity contribution is 7.80.